The van der Waals surface area contributed by atoms with E-state index in [1.54, 1.807) is 0 Å². The van der Waals surface area contributed by atoms with Gasteiger partial charge in [-0.1, -0.05) is 20.8 Å². The molecule has 100 valence electrons. The number of carbonyl (C=O) groups excluding carboxylic acids is 2. The Balaban J connectivity index is 4.03. The van der Waals surface area contributed by atoms with Crippen LogP contribution in [0.15, 0.2) is 0 Å². The van der Waals surface area contributed by atoms with Crippen LogP contribution in [0.25, 0.3) is 0 Å². The summed E-state index contributed by atoms with van der Waals surface area (Å²) in [5, 5.41) is 11.7. The minimum Gasteiger partial charge on any atom is -0.396 e. The van der Waals surface area contributed by atoms with Gasteiger partial charge in [0.1, 0.15) is 0 Å². The van der Waals surface area contributed by atoms with Crippen molar-refractivity contribution in [3.63, 3.8) is 0 Å². The summed E-state index contributed by atoms with van der Waals surface area (Å²) in [6.45, 7) is 7.42. The Bertz CT molecular complexity index is 256. The SMILES string of the molecule is CC(=O)C(NC(=O)CSC(C)CCO)C(C)C. The van der Waals surface area contributed by atoms with Gasteiger partial charge in [-0.25, -0.2) is 0 Å². The molecule has 0 bridgehead atoms. The molecule has 2 unspecified atom stereocenters. The number of hydrogen-bond donors (Lipinski definition) is 2. The van der Waals surface area contributed by atoms with Gasteiger partial charge in [0.15, 0.2) is 5.78 Å². The van der Waals surface area contributed by atoms with Crippen LogP contribution in [0.3, 0.4) is 0 Å². The summed E-state index contributed by atoms with van der Waals surface area (Å²) in [5.41, 5.74) is 0. The lowest BCUT2D eigenvalue weighted by molar-refractivity contribution is -0.126. The van der Waals surface area contributed by atoms with E-state index >= 15 is 0 Å². The number of thioether (sulfide) groups is 1. The molecule has 0 saturated heterocycles. The minimum absolute atomic E-state index is 0.0123. The van der Waals surface area contributed by atoms with Gasteiger partial charge in [0.2, 0.25) is 5.91 Å². The van der Waals surface area contributed by atoms with Gasteiger partial charge in [0.05, 0.1) is 11.8 Å². The second-order valence-electron chi connectivity index (χ2n) is 4.53. The van der Waals surface area contributed by atoms with Crippen molar-refractivity contribution < 1.29 is 14.7 Å². The van der Waals surface area contributed by atoms with Crippen LogP contribution in [0.5, 0.6) is 0 Å². The molecular weight excluding hydrogens is 238 g/mol. The highest BCUT2D eigenvalue weighted by Crippen LogP contribution is 2.13. The van der Waals surface area contributed by atoms with Gasteiger partial charge in [-0.15, -0.1) is 11.8 Å². The zero-order chi connectivity index (χ0) is 13.4. The summed E-state index contributed by atoms with van der Waals surface area (Å²) >= 11 is 1.49. The number of nitrogens with one attached hydrogen (secondary N) is 1. The number of Topliss-reactive ketones (excluding diaryl/α,β-unsaturated/α-hetero) is 1. The predicted octanol–water partition coefficient (Wildman–Crippen LogP) is 1.22. The molecule has 0 fully saturated rings. The second kappa shape index (κ2) is 8.53. The van der Waals surface area contributed by atoms with E-state index in [1.807, 2.05) is 20.8 Å². The van der Waals surface area contributed by atoms with Crippen LogP contribution in [0.1, 0.15) is 34.1 Å². The predicted molar refractivity (Wildman–Crippen MR) is 71.1 cm³/mol. The van der Waals surface area contributed by atoms with Gasteiger partial charge < -0.3 is 10.4 Å². The highest BCUT2D eigenvalue weighted by Gasteiger charge is 2.20. The van der Waals surface area contributed by atoms with Gasteiger partial charge in [-0.05, 0) is 19.3 Å². The van der Waals surface area contributed by atoms with E-state index in [2.05, 4.69) is 5.32 Å². The monoisotopic (exact) mass is 261 g/mol. The highest BCUT2D eigenvalue weighted by molar-refractivity contribution is 8.00. The number of aliphatic hydroxyl groups excluding tert-OH is 1. The summed E-state index contributed by atoms with van der Waals surface area (Å²) in [7, 11) is 0. The second-order valence-corrected chi connectivity index (χ2v) is 5.96. The maximum Gasteiger partial charge on any atom is 0.230 e. The molecule has 0 aromatic carbocycles. The van der Waals surface area contributed by atoms with Crippen molar-refractivity contribution in [2.24, 2.45) is 5.92 Å². The van der Waals surface area contributed by atoms with Gasteiger partial charge in [-0.3, -0.25) is 9.59 Å². The standard InChI is InChI=1S/C12H23NO3S/c1-8(2)12(10(4)15)13-11(16)7-17-9(3)5-6-14/h8-9,12,14H,5-7H2,1-4H3,(H,13,16). The molecule has 0 saturated carbocycles. The Morgan fingerprint density at radius 3 is 2.29 bits per heavy atom. The van der Waals surface area contributed by atoms with Crippen LogP contribution in [0.4, 0.5) is 0 Å². The lowest BCUT2D eigenvalue weighted by Gasteiger charge is -2.19. The van der Waals surface area contributed by atoms with Crippen LogP contribution in [-0.4, -0.2) is 40.4 Å². The quantitative estimate of drug-likeness (QED) is 0.689. The topological polar surface area (TPSA) is 66.4 Å². The van der Waals surface area contributed by atoms with E-state index in [0.29, 0.717) is 12.2 Å². The normalized spacial score (nSPS) is 14.5. The van der Waals surface area contributed by atoms with Gasteiger partial charge in [0, 0.05) is 11.9 Å². The van der Waals surface area contributed by atoms with Crippen molar-refractivity contribution in [3.8, 4) is 0 Å². The molecule has 0 aromatic heterocycles. The van der Waals surface area contributed by atoms with E-state index in [-0.39, 0.29) is 29.5 Å². The molecule has 0 aliphatic carbocycles. The molecule has 2 atom stereocenters. The first-order valence-electron chi connectivity index (χ1n) is 5.90. The van der Waals surface area contributed by atoms with Crippen molar-refractivity contribution in [3.05, 3.63) is 0 Å². The lowest BCUT2D eigenvalue weighted by Crippen LogP contribution is -2.44. The van der Waals surface area contributed by atoms with E-state index in [1.165, 1.54) is 18.7 Å². The molecule has 0 aliphatic rings. The van der Waals surface area contributed by atoms with Gasteiger partial charge in [-0.2, -0.15) is 0 Å². The fourth-order valence-electron chi connectivity index (χ4n) is 1.44. The fraction of sp³-hybridized carbons (Fsp3) is 0.833. The minimum atomic E-state index is -0.392. The Kier molecular flexibility index (Phi) is 8.25. The van der Waals surface area contributed by atoms with Crippen molar-refractivity contribution in [1.82, 2.24) is 5.32 Å². The molecule has 0 spiro atoms. The zero-order valence-electron chi connectivity index (χ0n) is 11.0. The molecule has 0 aromatic rings. The van der Waals surface area contributed by atoms with Crippen molar-refractivity contribution in [2.45, 2.75) is 45.4 Å². The number of ketones is 1. The van der Waals surface area contributed by atoms with E-state index in [9.17, 15) is 9.59 Å². The molecule has 0 rings (SSSR count). The molecular formula is C12H23NO3S. The van der Waals surface area contributed by atoms with Crippen molar-refractivity contribution >= 4 is 23.5 Å². The van der Waals surface area contributed by atoms with Crippen LogP contribution in [0.2, 0.25) is 0 Å². The summed E-state index contributed by atoms with van der Waals surface area (Å²) in [6.07, 6.45) is 0.679. The first-order chi connectivity index (χ1) is 7.88. The third-order valence-electron chi connectivity index (χ3n) is 2.46. The first-order valence-corrected chi connectivity index (χ1v) is 6.95. The van der Waals surface area contributed by atoms with E-state index in [0.717, 1.165) is 0 Å². The summed E-state index contributed by atoms with van der Waals surface area (Å²) in [5.74, 6) is 0.310. The Morgan fingerprint density at radius 1 is 1.29 bits per heavy atom. The molecule has 2 N–H and O–H groups in total. The molecule has 17 heavy (non-hydrogen) atoms. The maximum absolute atomic E-state index is 11.6. The number of aliphatic hydroxyl groups is 1. The number of carbonyl (C=O) groups is 2. The average molecular weight is 261 g/mol. The van der Waals surface area contributed by atoms with Crippen LogP contribution in [0, 0.1) is 5.92 Å². The molecule has 0 aliphatic heterocycles. The molecule has 5 heteroatoms. The zero-order valence-corrected chi connectivity index (χ0v) is 11.8. The van der Waals surface area contributed by atoms with E-state index in [4.69, 9.17) is 5.11 Å². The Morgan fingerprint density at radius 2 is 1.88 bits per heavy atom. The first kappa shape index (κ1) is 16.4. The number of hydrogen-bond acceptors (Lipinski definition) is 4. The maximum atomic E-state index is 11.6. The Hall–Kier alpha value is -0.550. The van der Waals surface area contributed by atoms with E-state index < -0.39 is 6.04 Å². The third-order valence-corrected chi connectivity index (χ3v) is 3.69. The highest BCUT2D eigenvalue weighted by atomic mass is 32.2. The van der Waals surface area contributed by atoms with Crippen LogP contribution >= 0.6 is 11.8 Å². The molecule has 0 radical (unpaired) electrons. The average Bonchev–Trinajstić information content (AvgIpc) is 2.22. The molecule has 1 amide bonds. The van der Waals surface area contributed by atoms with Gasteiger partial charge in [0.25, 0.3) is 0 Å². The Labute approximate surface area is 108 Å². The smallest absolute Gasteiger partial charge is 0.230 e. The number of amides is 1. The van der Waals surface area contributed by atoms with Crippen LogP contribution < -0.4 is 5.32 Å². The molecule has 4 nitrogen and oxygen atoms in total. The largest absolute Gasteiger partial charge is 0.396 e. The van der Waals surface area contributed by atoms with Crippen molar-refractivity contribution in [2.75, 3.05) is 12.4 Å². The van der Waals surface area contributed by atoms with Crippen LogP contribution in [-0.2, 0) is 9.59 Å². The van der Waals surface area contributed by atoms with Gasteiger partial charge >= 0.3 is 0 Å². The molecule has 0 heterocycles. The summed E-state index contributed by atoms with van der Waals surface area (Å²) < 4.78 is 0. The van der Waals surface area contributed by atoms with Crippen molar-refractivity contribution in [1.29, 1.82) is 0 Å². The third kappa shape index (κ3) is 7.39. The fourth-order valence-corrected chi connectivity index (χ4v) is 2.23. The lowest BCUT2D eigenvalue weighted by atomic mass is 10.0. The summed E-state index contributed by atoms with van der Waals surface area (Å²) in [4.78, 5) is 22.9. The summed E-state index contributed by atoms with van der Waals surface area (Å²) in [6, 6.07) is -0.392. The number of rotatable bonds is 8.